The highest BCUT2D eigenvalue weighted by Gasteiger charge is 2.27. The smallest absolute Gasteiger partial charge is 0.358 e. The Morgan fingerprint density at radius 1 is 1.42 bits per heavy atom. The lowest BCUT2D eigenvalue weighted by Crippen LogP contribution is -2.09. The van der Waals surface area contributed by atoms with E-state index in [0.717, 1.165) is 36.2 Å². The predicted molar refractivity (Wildman–Crippen MR) is 83.6 cm³/mol. The van der Waals surface area contributed by atoms with Gasteiger partial charge in [-0.1, -0.05) is 0 Å². The van der Waals surface area contributed by atoms with Gasteiger partial charge in [-0.05, 0) is 38.3 Å². The molecule has 124 valence electrons. The molecule has 0 atom stereocenters. The molecule has 3 heterocycles. The number of carbonyl (C=O) groups excluding carboxylic acids is 1. The number of aromatic nitrogens is 3. The first-order chi connectivity index (χ1) is 11.7. The van der Waals surface area contributed by atoms with E-state index in [9.17, 15) is 4.79 Å². The molecule has 3 aromatic rings. The number of rotatable bonds is 4. The van der Waals surface area contributed by atoms with Crippen molar-refractivity contribution in [3.05, 3.63) is 46.8 Å². The summed E-state index contributed by atoms with van der Waals surface area (Å²) in [6.07, 6.45) is 4.36. The van der Waals surface area contributed by atoms with Gasteiger partial charge < -0.3 is 13.6 Å². The normalized spacial score (nSPS) is 13.2. The molecule has 0 radical (unpaired) electrons. The van der Waals surface area contributed by atoms with Crippen molar-refractivity contribution in [1.29, 1.82) is 0 Å². The molecule has 0 aliphatic heterocycles. The number of fused-ring (bicyclic) bond motifs is 1. The van der Waals surface area contributed by atoms with E-state index in [2.05, 4.69) is 10.1 Å². The molecule has 0 amide bonds. The molecule has 7 heteroatoms. The number of nitrogens with zero attached hydrogens (tertiary/aromatic N) is 3. The summed E-state index contributed by atoms with van der Waals surface area (Å²) in [6.45, 7) is 2.31. The number of oxazole rings is 1. The molecule has 7 nitrogen and oxygen atoms in total. The maximum Gasteiger partial charge on any atom is 0.358 e. The van der Waals surface area contributed by atoms with Gasteiger partial charge in [0, 0.05) is 11.3 Å². The summed E-state index contributed by atoms with van der Waals surface area (Å²) in [7, 11) is 1.38. The predicted octanol–water partition coefficient (Wildman–Crippen LogP) is 2.76. The van der Waals surface area contributed by atoms with Crippen LogP contribution in [0.5, 0.6) is 0 Å². The van der Waals surface area contributed by atoms with Crippen LogP contribution in [0.1, 0.15) is 39.6 Å². The average molecular weight is 327 g/mol. The Morgan fingerprint density at radius 3 is 3.04 bits per heavy atom. The van der Waals surface area contributed by atoms with E-state index in [1.807, 2.05) is 11.6 Å². The van der Waals surface area contributed by atoms with Crippen molar-refractivity contribution in [2.45, 2.75) is 32.7 Å². The van der Waals surface area contributed by atoms with E-state index in [0.29, 0.717) is 29.6 Å². The fourth-order valence-electron chi connectivity index (χ4n) is 3.12. The van der Waals surface area contributed by atoms with Gasteiger partial charge in [-0.2, -0.15) is 5.10 Å². The second kappa shape index (κ2) is 5.67. The first kappa shape index (κ1) is 14.7. The second-order valence-corrected chi connectivity index (χ2v) is 5.78. The zero-order valence-electron chi connectivity index (χ0n) is 13.5. The highest BCUT2D eigenvalue weighted by Crippen LogP contribution is 2.28. The summed E-state index contributed by atoms with van der Waals surface area (Å²) < 4.78 is 17.7. The second-order valence-electron chi connectivity index (χ2n) is 5.78. The van der Waals surface area contributed by atoms with Gasteiger partial charge in [0.1, 0.15) is 11.5 Å². The van der Waals surface area contributed by atoms with Crippen molar-refractivity contribution < 1.29 is 18.4 Å². The molecule has 24 heavy (non-hydrogen) atoms. The third kappa shape index (κ3) is 2.33. The maximum atomic E-state index is 11.9. The third-order valence-corrected chi connectivity index (χ3v) is 4.31. The van der Waals surface area contributed by atoms with E-state index < -0.39 is 0 Å². The summed E-state index contributed by atoms with van der Waals surface area (Å²) in [5.74, 6) is 1.36. The lowest BCUT2D eigenvalue weighted by atomic mass is 10.2. The molecule has 0 saturated carbocycles. The fourth-order valence-corrected chi connectivity index (χ4v) is 3.12. The molecule has 0 aromatic carbocycles. The van der Waals surface area contributed by atoms with Gasteiger partial charge in [-0.25, -0.2) is 9.78 Å². The first-order valence-corrected chi connectivity index (χ1v) is 7.84. The Morgan fingerprint density at radius 2 is 2.29 bits per heavy atom. The van der Waals surface area contributed by atoms with Crippen LogP contribution >= 0.6 is 0 Å². The SMILES string of the molecule is COC(=O)c1nn(Cc2nc(-c3ccco3)oc2C)c2c1CCC2. The molecular weight excluding hydrogens is 310 g/mol. The number of hydrogen-bond acceptors (Lipinski definition) is 6. The number of furan rings is 1. The number of esters is 1. The van der Waals surface area contributed by atoms with Gasteiger partial charge in [0.15, 0.2) is 11.5 Å². The van der Waals surface area contributed by atoms with Gasteiger partial charge in [0.2, 0.25) is 0 Å². The summed E-state index contributed by atoms with van der Waals surface area (Å²) in [5, 5.41) is 4.45. The van der Waals surface area contributed by atoms with Crippen LogP contribution in [0, 0.1) is 6.92 Å². The lowest BCUT2D eigenvalue weighted by Gasteiger charge is -2.03. The molecule has 0 unspecified atom stereocenters. The standard InChI is InChI=1S/C17H17N3O4/c1-10-12(18-16(24-10)14-7-4-8-23-14)9-20-13-6-3-5-11(13)15(19-20)17(21)22-2/h4,7-8H,3,5-6,9H2,1-2H3. The summed E-state index contributed by atoms with van der Waals surface area (Å²) in [5.41, 5.74) is 3.26. The van der Waals surface area contributed by atoms with Gasteiger partial charge >= 0.3 is 5.97 Å². The van der Waals surface area contributed by atoms with Crippen LogP contribution in [0.3, 0.4) is 0 Å². The fraction of sp³-hybridized carbons (Fsp3) is 0.353. The zero-order chi connectivity index (χ0) is 16.7. The van der Waals surface area contributed by atoms with Crippen LogP contribution in [0.4, 0.5) is 0 Å². The average Bonchev–Trinajstić information content (AvgIpc) is 3.32. The molecule has 0 bridgehead atoms. The number of ether oxygens (including phenoxy) is 1. The topological polar surface area (TPSA) is 83.3 Å². The van der Waals surface area contributed by atoms with E-state index in [4.69, 9.17) is 13.6 Å². The number of methoxy groups -OCH3 is 1. The van der Waals surface area contributed by atoms with Crippen LogP contribution in [-0.4, -0.2) is 27.8 Å². The number of carbonyl (C=O) groups is 1. The van der Waals surface area contributed by atoms with Gasteiger partial charge in [-0.15, -0.1) is 0 Å². The van der Waals surface area contributed by atoms with E-state index in [1.54, 1.807) is 18.4 Å². The number of aryl methyl sites for hydroxylation is 1. The Hall–Kier alpha value is -2.83. The van der Waals surface area contributed by atoms with Crippen molar-refractivity contribution in [1.82, 2.24) is 14.8 Å². The van der Waals surface area contributed by atoms with Crippen LogP contribution in [-0.2, 0) is 24.1 Å². The van der Waals surface area contributed by atoms with Gasteiger partial charge in [0.05, 0.1) is 19.9 Å². The summed E-state index contributed by atoms with van der Waals surface area (Å²) in [4.78, 5) is 16.4. The summed E-state index contributed by atoms with van der Waals surface area (Å²) in [6, 6.07) is 3.59. The molecular formula is C17H17N3O4. The summed E-state index contributed by atoms with van der Waals surface area (Å²) >= 11 is 0. The van der Waals surface area contributed by atoms with E-state index in [-0.39, 0.29) is 5.97 Å². The Balaban J connectivity index is 1.68. The molecule has 3 aromatic heterocycles. The minimum Gasteiger partial charge on any atom is -0.464 e. The van der Waals surface area contributed by atoms with Crippen molar-refractivity contribution in [2.24, 2.45) is 0 Å². The van der Waals surface area contributed by atoms with Crippen molar-refractivity contribution in [3.63, 3.8) is 0 Å². The number of hydrogen-bond donors (Lipinski definition) is 0. The lowest BCUT2D eigenvalue weighted by molar-refractivity contribution is 0.0592. The first-order valence-electron chi connectivity index (χ1n) is 7.84. The minimum atomic E-state index is -0.389. The van der Waals surface area contributed by atoms with Crippen LogP contribution in [0.25, 0.3) is 11.7 Å². The molecule has 1 aliphatic carbocycles. The molecule has 0 fully saturated rings. The Labute approximate surface area is 138 Å². The Kier molecular flexibility index (Phi) is 3.48. The molecule has 0 saturated heterocycles. The van der Waals surface area contributed by atoms with E-state index >= 15 is 0 Å². The quantitative estimate of drug-likeness (QED) is 0.685. The van der Waals surface area contributed by atoms with Crippen LogP contribution in [0.2, 0.25) is 0 Å². The van der Waals surface area contributed by atoms with Crippen molar-refractivity contribution >= 4 is 5.97 Å². The molecule has 4 rings (SSSR count). The van der Waals surface area contributed by atoms with Crippen LogP contribution in [0.15, 0.2) is 27.2 Å². The van der Waals surface area contributed by atoms with Gasteiger partial charge in [0.25, 0.3) is 5.89 Å². The molecule has 0 spiro atoms. The van der Waals surface area contributed by atoms with Crippen molar-refractivity contribution in [2.75, 3.05) is 7.11 Å². The van der Waals surface area contributed by atoms with Crippen LogP contribution < -0.4 is 0 Å². The highest BCUT2D eigenvalue weighted by molar-refractivity contribution is 5.89. The zero-order valence-corrected chi connectivity index (χ0v) is 13.5. The monoisotopic (exact) mass is 327 g/mol. The van der Waals surface area contributed by atoms with Gasteiger partial charge in [-0.3, -0.25) is 4.68 Å². The maximum absolute atomic E-state index is 11.9. The largest absolute Gasteiger partial charge is 0.464 e. The minimum absolute atomic E-state index is 0.389. The van der Waals surface area contributed by atoms with Crippen molar-refractivity contribution in [3.8, 4) is 11.7 Å². The molecule has 0 N–H and O–H groups in total. The molecule has 1 aliphatic rings. The van der Waals surface area contributed by atoms with E-state index in [1.165, 1.54) is 7.11 Å². The highest BCUT2D eigenvalue weighted by atomic mass is 16.5. The third-order valence-electron chi connectivity index (χ3n) is 4.31. The Bertz CT molecular complexity index is 889.